The maximum Gasteiger partial charge on any atom is 0.257 e. The van der Waals surface area contributed by atoms with E-state index in [4.69, 9.17) is 9.47 Å². The summed E-state index contributed by atoms with van der Waals surface area (Å²) in [6.45, 7) is 6.32. The minimum absolute atomic E-state index is 0.00154. The lowest BCUT2D eigenvalue weighted by Crippen LogP contribution is -2.46. The first kappa shape index (κ1) is 27.1. The molecule has 1 aliphatic heterocycles. The van der Waals surface area contributed by atoms with Gasteiger partial charge < -0.3 is 19.7 Å². The highest BCUT2D eigenvalue weighted by Crippen LogP contribution is 2.30. The molecule has 2 aliphatic rings. The van der Waals surface area contributed by atoms with E-state index in [2.05, 4.69) is 24.1 Å². The standard InChI is InChI=1S/C29H38FN3O4/c1-19-15-33(16-21-8-10-23(30)11-9-21)20(2)18-37-26-14-24(31-28(34)22-6-5-7-22)12-13-25(26)29(35)32(3)17-27(19)36-4/h8-14,19-20,22,27H,5-7,15-18H2,1-4H3,(H,31,34)/t19-,20-,27+/m1/s1. The van der Waals surface area contributed by atoms with Gasteiger partial charge in [-0.2, -0.15) is 0 Å². The van der Waals surface area contributed by atoms with Gasteiger partial charge in [0.25, 0.3) is 5.91 Å². The number of halogens is 1. The molecular weight excluding hydrogens is 473 g/mol. The van der Waals surface area contributed by atoms with Crippen molar-refractivity contribution in [3.05, 3.63) is 59.4 Å². The van der Waals surface area contributed by atoms with Crippen LogP contribution in [-0.4, -0.2) is 67.6 Å². The molecule has 1 saturated carbocycles. The SMILES string of the molecule is CO[C@H]1CN(C)C(=O)c2ccc(NC(=O)C3CCC3)cc2OC[C@@H](C)N(Cc2ccc(F)cc2)C[C@H]1C. The first-order chi connectivity index (χ1) is 17.7. The summed E-state index contributed by atoms with van der Waals surface area (Å²) in [5.41, 5.74) is 2.08. The van der Waals surface area contributed by atoms with Crippen molar-refractivity contribution in [1.82, 2.24) is 9.80 Å². The molecule has 0 bridgehead atoms. The number of hydrogen-bond acceptors (Lipinski definition) is 5. The van der Waals surface area contributed by atoms with Crippen molar-refractivity contribution < 1.29 is 23.5 Å². The number of nitrogens with one attached hydrogen (secondary N) is 1. The molecule has 7 nitrogen and oxygen atoms in total. The van der Waals surface area contributed by atoms with E-state index < -0.39 is 0 Å². The van der Waals surface area contributed by atoms with Crippen LogP contribution in [0.4, 0.5) is 10.1 Å². The Morgan fingerprint density at radius 3 is 2.51 bits per heavy atom. The molecule has 1 heterocycles. The topological polar surface area (TPSA) is 71.1 Å². The van der Waals surface area contributed by atoms with Gasteiger partial charge in [0, 0.05) is 57.5 Å². The summed E-state index contributed by atoms with van der Waals surface area (Å²) in [5.74, 6) is 0.232. The number of hydrogen-bond donors (Lipinski definition) is 1. The Morgan fingerprint density at radius 1 is 1.14 bits per heavy atom. The van der Waals surface area contributed by atoms with Gasteiger partial charge in [0.2, 0.25) is 5.91 Å². The lowest BCUT2D eigenvalue weighted by molar-refractivity contribution is -0.122. The molecule has 0 aromatic heterocycles. The van der Waals surface area contributed by atoms with Gasteiger partial charge in [0.15, 0.2) is 0 Å². The lowest BCUT2D eigenvalue weighted by atomic mass is 9.85. The molecule has 2 aromatic rings. The number of carbonyl (C=O) groups excluding carboxylic acids is 2. The fraction of sp³-hybridized carbons (Fsp3) is 0.517. The average molecular weight is 512 g/mol. The second-order valence-electron chi connectivity index (χ2n) is 10.5. The molecule has 1 fully saturated rings. The number of ether oxygens (including phenoxy) is 2. The zero-order valence-corrected chi connectivity index (χ0v) is 22.2. The van der Waals surface area contributed by atoms with E-state index in [-0.39, 0.29) is 41.6 Å². The summed E-state index contributed by atoms with van der Waals surface area (Å²) in [6.07, 6.45) is 2.75. The van der Waals surface area contributed by atoms with Crippen LogP contribution in [0.2, 0.25) is 0 Å². The highest BCUT2D eigenvalue weighted by Gasteiger charge is 2.29. The van der Waals surface area contributed by atoms with Gasteiger partial charge >= 0.3 is 0 Å². The van der Waals surface area contributed by atoms with Crippen LogP contribution < -0.4 is 10.1 Å². The molecule has 1 aliphatic carbocycles. The quantitative estimate of drug-likeness (QED) is 0.637. The lowest BCUT2D eigenvalue weighted by Gasteiger charge is -2.36. The number of carbonyl (C=O) groups is 2. The van der Waals surface area contributed by atoms with E-state index in [0.29, 0.717) is 43.2 Å². The zero-order valence-electron chi connectivity index (χ0n) is 22.2. The van der Waals surface area contributed by atoms with Crippen LogP contribution in [0.5, 0.6) is 5.75 Å². The number of nitrogens with zero attached hydrogens (tertiary/aromatic N) is 2. The highest BCUT2D eigenvalue weighted by molar-refractivity contribution is 5.99. The Labute approximate surface area is 218 Å². The third-order valence-electron chi connectivity index (χ3n) is 7.62. The van der Waals surface area contributed by atoms with Crippen LogP contribution in [0.1, 0.15) is 49.0 Å². The molecule has 4 rings (SSSR count). The van der Waals surface area contributed by atoms with Crippen LogP contribution in [-0.2, 0) is 16.1 Å². The van der Waals surface area contributed by atoms with E-state index in [1.165, 1.54) is 12.1 Å². The van der Waals surface area contributed by atoms with Crippen LogP contribution in [0.25, 0.3) is 0 Å². The predicted molar refractivity (Wildman–Crippen MR) is 141 cm³/mol. The van der Waals surface area contributed by atoms with Gasteiger partial charge in [-0.15, -0.1) is 0 Å². The summed E-state index contributed by atoms with van der Waals surface area (Å²) in [6, 6.07) is 11.8. The van der Waals surface area contributed by atoms with Crippen molar-refractivity contribution in [2.75, 3.05) is 39.2 Å². The predicted octanol–water partition coefficient (Wildman–Crippen LogP) is 4.57. The summed E-state index contributed by atoms with van der Waals surface area (Å²) >= 11 is 0. The Kier molecular flexibility index (Phi) is 8.82. The third kappa shape index (κ3) is 6.67. The number of likely N-dealkylation sites (N-methyl/N-ethyl adjacent to an activating group) is 1. The Bertz CT molecular complexity index is 1090. The second kappa shape index (κ2) is 12.0. The van der Waals surface area contributed by atoms with Gasteiger partial charge in [0.1, 0.15) is 18.2 Å². The minimum Gasteiger partial charge on any atom is -0.491 e. The van der Waals surface area contributed by atoms with E-state index in [0.717, 1.165) is 24.8 Å². The van der Waals surface area contributed by atoms with E-state index in [1.807, 2.05) is 0 Å². The first-order valence-corrected chi connectivity index (χ1v) is 13.1. The van der Waals surface area contributed by atoms with Gasteiger partial charge in [0.05, 0.1) is 11.7 Å². The Balaban J connectivity index is 1.61. The van der Waals surface area contributed by atoms with Gasteiger partial charge in [-0.25, -0.2) is 4.39 Å². The van der Waals surface area contributed by atoms with Crippen molar-refractivity contribution in [2.45, 2.75) is 51.8 Å². The summed E-state index contributed by atoms with van der Waals surface area (Å²) in [5, 5.41) is 2.98. The number of amides is 2. The molecule has 8 heteroatoms. The summed E-state index contributed by atoms with van der Waals surface area (Å²) < 4.78 is 25.6. The number of fused-ring (bicyclic) bond motifs is 1. The first-order valence-electron chi connectivity index (χ1n) is 13.1. The molecule has 200 valence electrons. The Hall–Kier alpha value is -2.97. The second-order valence-corrected chi connectivity index (χ2v) is 10.5. The minimum atomic E-state index is -0.258. The van der Waals surface area contributed by atoms with Crippen molar-refractivity contribution in [3.63, 3.8) is 0 Å². The molecule has 3 atom stereocenters. The smallest absolute Gasteiger partial charge is 0.257 e. The van der Waals surface area contributed by atoms with Crippen LogP contribution in [0.15, 0.2) is 42.5 Å². The largest absolute Gasteiger partial charge is 0.491 e. The summed E-state index contributed by atoms with van der Waals surface area (Å²) in [4.78, 5) is 29.9. The molecule has 0 saturated heterocycles. The highest BCUT2D eigenvalue weighted by atomic mass is 19.1. The number of benzene rings is 2. The Morgan fingerprint density at radius 2 is 1.86 bits per heavy atom. The molecule has 2 aromatic carbocycles. The molecule has 37 heavy (non-hydrogen) atoms. The molecule has 0 radical (unpaired) electrons. The van der Waals surface area contributed by atoms with Gasteiger partial charge in [-0.1, -0.05) is 25.5 Å². The van der Waals surface area contributed by atoms with Gasteiger partial charge in [-0.3, -0.25) is 14.5 Å². The maximum atomic E-state index is 13.5. The fourth-order valence-electron chi connectivity index (χ4n) is 4.88. The molecule has 0 spiro atoms. The summed E-state index contributed by atoms with van der Waals surface area (Å²) in [7, 11) is 3.44. The van der Waals surface area contributed by atoms with E-state index in [9.17, 15) is 14.0 Å². The van der Waals surface area contributed by atoms with Crippen LogP contribution in [0.3, 0.4) is 0 Å². The molecule has 0 unspecified atom stereocenters. The molecular formula is C29H38FN3O4. The van der Waals surface area contributed by atoms with Crippen molar-refractivity contribution in [1.29, 1.82) is 0 Å². The van der Waals surface area contributed by atoms with Crippen molar-refractivity contribution in [2.24, 2.45) is 11.8 Å². The zero-order chi connectivity index (χ0) is 26.5. The van der Waals surface area contributed by atoms with Crippen molar-refractivity contribution >= 4 is 17.5 Å². The average Bonchev–Trinajstić information content (AvgIpc) is 2.84. The third-order valence-corrected chi connectivity index (χ3v) is 7.62. The molecule has 2 amide bonds. The van der Waals surface area contributed by atoms with Crippen molar-refractivity contribution in [3.8, 4) is 5.75 Å². The normalized spacial score (nSPS) is 23.8. The fourth-order valence-corrected chi connectivity index (χ4v) is 4.88. The van der Waals surface area contributed by atoms with Crippen LogP contribution in [0, 0.1) is 17.7 Å². The van der Waals surface area contributed by atoms with E-state index in [1.54, 1.807) is 49.4 Å². The number of anilines is 1. The number of rotatable bonds is 5. The number of methoxy groups -OCH3 is 1. The molecule has 1 N–H and O–H groups in total. The van der Waals surface area contributed by atoms with Crippen LogP contribution >= 0.6 is 0 Å². The van der Waals surface area contributed by atoms with E-state index >= 15 is 0 Å². The van der Waals surface area contributed by atoms with Gasteiger partial charge in [-0.05, 0) is 55.5 Å². The monoisotopic (exact) mass is 511 g/mol. The maximum absolute atomic E-state index is 13.5.